The molecule has 0 heterocycles. The van der Waals surface area contributed by atoms with Gasteiger partial charge in [-0.1, -0.05) is 0 Å². The van der Waals surface area contributed by atoms with Crippen LogP contribution >= 0.6 is 21.7 Å². The molecular formula is C33H77N5O12S2. The summed E-state index contributed by atoms with van der Waals surface area (Å²) in [6, 6.07) is 0. The van der Waals surface area contributed by atoms with Crippen molar-refractivity contribution in [2.75, 3.05) is 159 Å². The first-order valence-corrected chi connectivity index (χ1v) is 21.3. The number of hydrogen-bond acceptors (Lipinski definition) is 17. The van der Waals surface area contributed by atoms with Gasteiger partial charge in [-0.25, -0.2) is 0 Å². The van der Waals surface area contributed by atoms with Crippen LogP contribution in [0.4, 0.5) is 0 Å². The fourth-order valence-corrected chi connectivity index (χ4v) is 7.73. The van der Waals surface area contributed by atoms with E-state index in [1.165, 1.54) is 0 Å². The van der Waals surface area contributed by atoms with Crippen LogP contribution in [0.25, 0.3) is 0 Å². The lowest BCUT2D eigenvalue weighted by molar-refractivity contribution is -0.0565. The predicted molar refractivity (Wildman–Crippen MR) is 209 cm³/mol. The Balaban J connectivity index is 5.12. The van der Waals surface area contributed by atoms with E-state index in [-0.39, 0.29) is 25.4 Å². The predicted octanol–water partition coefficient (Wildman–Crippen LogP) is 0.417. The summed E-state index contributed by atoms with van der Waals surface area (Å²) < 4.78 is 49.7. The van der Waals surface area contributed by atoms with Crippen molar-refractivity contribution in [2.24, 2.45) is 5.73 Å². The molecule has 318 valence electrons. The molecule has 3 unspecified atom stereocenters. The highest BCUT2D eigenvalue weighted by atomic mass is 32.3. The van der Waals surface area contributed by atoms with Crippen LogP contribution < -0.4 is 16.4 Å². The number of nitrogens with zero attached hydrogens (tertiary/aromatic N) is 2. The fourth-order valence-electron chi connectivity index (χ4n) is 4.97. The summed E-state index contributed by atoms with van der Waals surface area (Å²) in [6.07, 6.45) is -0.725. The van der Waals surface area contributed by atoms with Gasteiger partial charge in [-0.05, 0) is 33.6 Å². The molecule has 0 aromatic rings. The van der Waals surface area contributed by atoms with E-state index in [0.29, 0.717) is 96.5 Å². The van der Waals surface area contributed by atoms with E-state index in [2.05, 4.69) is 20.4 Å². The molecule has 0 aliphatic heterocycles. The zero-order chi connectivity index (χ0) is 39.3. The van der Waals surface area contributed by atoms with Gasteiger partial charge < -0.3 is 45.9 Å². The summed E-state index contributed by atoms with van der Waals surface area (Å²) in [5, 5.41) is 38.8. The van der Waals surface area contributed by atoms with E-state index in [9.17, 15) is 15.3 Å². The molecule has 0 fully saturated rings. The molecule has 0 aromatic heterocycles. The Morgan fingerprint density at radius 2 is 1.02 bits per heavy atom. The molecule has 52 heavy (non-hydrogen) atoms. The molecule has 0 amide bonds. The molecule has 17 nitrogen and oxygen atoms in total. The number of nitrogens with one attached hydrogen (secondary N) is 2. The number of ether oxygens (including phenoxy) is 3. The first-order valence-electron chi connectivity index (χ1n) is 18.1. The first kappa shape index (κ1) is 52.0. The van der Waals surface area contributed by atoms with Gasteiger partial charge in [0.05, 0.1) is 108 Å². The van der Waals surface area contributed by atoms with Gasteiger partial charge in [0.1, 0.15) is 0 Å². The van der Waals surface area contributed by atoms with Crippen LogP contribution in [-0.2, 0) is 39.3 Å². The van der Waals surface area contributed by atoms with Crippen molar-refractivity contribution in [2.45, 2.75) is 57.5 Å². The van der Waals surface area contributed by atoms with Crippen molar-refractivity contribution < 1.29 is 54.6 Å². The summed E-state index contributed by atoms with van der Waals surface area (Å²) >= 11 is 0. The van der Waals surface area contributed by atoms with E-state index < -0.39 is 40.1 Å². The minimum absolute atomic E-state index is 0.173. The van der Waals surface area contributed by atoms with Crippen molar-refractivity contribution in [1.82, 2.24) is 20.4 Å². The highest BCUT2D eigenvalue weighted by Gasteiger charge is 2.24. The number of nitrogens with two attached hydrogens (primary N) is 1. The number of hydrogen-bond donors (Lipinski definition) is 6. The monoisotopic (exact) mass is 800 g/mol. The van der Waals surface area contributed by atoms with Crippen LogP contribution in [0, 0.1) is 0 Å². The Morgan fingerprint density at radius 1 is 0.596 bits per heavy atom. The van der Waals surface area contributed by atoms with Gasteiger partial charge in [0.2, 0.25) is 0 Å². The molecular weight excluding hydrogens is 723 g/mol. The number of aliphatic hydroxyl groups excluding tert-OH is 3. The summed E-state index contributed by atoms with van der Waals surface area (Å²) in [7, 11) is 5.28. The quantitative estimate of drug-likeness (QED) is 0.0472. The van der Waals surface area contributed by atoms with Crippen LogP contribution in [0.2, 0.25) is 0 Å². The van der Waals surface area contributed by atoms with Crippen LogP contribution in [0.3, 0.4) is 0 Å². The van der Waals surface area contributed by atoms with Crippen molar-refractivity contribution in [3.63, 3.8) is 0 Å². The lowest BCUT2D eigenvalue weighted by Crippen LogP contribution is -2.47. The second kappa shape index (κ2) is 31.1. The van der Waals surface area contributed by atoms with E-state index in [1.54, 1.807) is 42.7 Å². The Bertz CT molecular complexity index is 803. The molecule has 3 atom stereocenters. The summed E-state index contributed by atoms with van der Waals surface area (Å²) in [6.45, 7) is 13.8. The SMILES string of the molecule is COS(CCCOCC(O)CNCCN(CCN(CCNCCN)CC(O)COC(C)(C)C)CC(O)COCCCS(OC)(OC)OC)(OC)OC. The largest absolute Gasteiger partial charge is 0.389 e. The van der Waals surface area contributed by atoms with Crippen molar-refractivity contribution >= 4 is 21.7 Å². The van der Waals surface area contributed by atoms with E-state index >= 15 is 0 Å². The van der Waals surface area contributed by atoms with E-state index in [0.717, 1.165) is 13.1 Å². The minimum atomic E-state index is -2.05. The molecule has 0 aliphatic rings. The molecule has 0 spiro atoms. The first-order chi connectivity index (χ1) is 24.8. The zero-order valence-corrected chi connectivity index (χ0v) is 35.3. The van der Waals surface area contributed by atoms with Crippen molar-refractivity contribution in [1.29, 1.82) is 0 Å². The highest BCUT2D eigenvalue weighted by Crippen LogP contribution is 2.50. The molecule has 7 N–H and O–H groups in total. The smallest absolute Gasteiger partial charge is 0.0900 e. The lowest BCUT2D eigenvalue weighted by atomic mass is 10.2. The van der Waals surface area contributed by atoms with Crippen LogP contribution in [0.1, 0.15) is 33.6 Å². The third-order valence-corrected chi connectivity index (χ3v) is 12.4. The normalized spacial score (nSPS) is 15.4. The molecule has 0 aromatic carbocycles. The molecule has 0 bridgehead atoms. The van der Waals surface area contributed by atoms with Gasteiger partial charge in [0.15, 0.2) is 0 Å². The second-order valence-electron chi connectivity index (χ2n) is 13.1. The Hall–Kier alpha value is 0.0200. The van der Waals surface area contributed by atoms with Gasteiger partial charge >= 0.3 is 0 Å². The minimum Gasteiger partial charge on any atom is -0.389 e. The molecule has 0 saturated carbocycles. The summed E-state index contributed by atoms with van der Waals surface area (Å²) in [5.74, 6) is 1.13. The third kappa shape index (κ3) is 26.0. The van der Waals surface area contributed by atoms with E-state index in [4.69, 9.17) is 45.0 Å². The molecule has 0 rings (SSSR count). The molecule has 0 radical (unpaired) electrons. The number of rotatable bonds is 37. The van der Waals surface area contributed by atoms with Crippen molar-refractivity contribution in [3.8, 4) is 0 Å². The Kier molecular flexibility index (Phi) is 31.2. The van der Waals surface area contributed by atoms with Gasteiger partial charge in [0, 0.05) is 96.7 Å². The van der Waals surface area contributed by atoms with E-state index in [1.807, 2.05) is 20.8 Å². The second-order valence-corrected chi connectivity index (χ2v) is 18.2. The van der Waals surface area contributed by atoms with Gasteiger partial charge in [-0.3, -0.25) is 34.9 Å². The van der Waals surface area contributed by atoms with Gasteiger partial charge in [-0.2, -0.15) is 0 Å². The molecule has 0 aliphatic carbocycles. The van der Waals surface area contributed by atoms with Crippen LogP contribution in [0.5, 0.6) is 0 Å². The summed E-state index contributed by atoms with van der Waals surface area (Å²) in [5.41, 5.74) is 5.31. The Morgan fingerprint density at radius 3 is 1.44 bits per heavy atom. The number of aliphatic hydroxyl groups is 3. The van der Waals surface area contributed by atoms with Crippen LogP contribution in [0.15, 0.2) is 0 Å². The topological polar surface area (TPSA) is 200 Å². The Labute approximate surface area is 318 Å². The maximum Gasteiger partial charge on any atom is 0.0900 e. The standard InChI is InChI=1S/C33H77N5O12S2/c1-33(2,3)50-29-32(41)26-37(16-14-35-13-12-34)18-19-38(25-31(40)28-49-21-11-23-52(45-7,46-8)47-9)17-15-36-24-30(39)27-48-20-10-22-51(42-4,43-5)44-6/h30-32,35-36,39-41H,10-29,34H2,1-9H3. The zero-order valence-electron chi connectivity index (χ0n) is 33.7. The maximum atomic E-state index is 10.9. The van der Waals surface area contributed by atoms with Gasteiger partial charge in [0.25, 0.3) is 0 Å². The van der Waals surface area contributed by atoms with Crippen molar-refractivity contribution in [3.05, 3.63) is 0 Å². The van der Waals surface area contributed by atoms with Gasteiger partial charge in [-0.15, -0.1) is 0 Å². The fraction of sp³-hybridized carbons (Fsp3) is 1.00. The molecule has 19 heteroatoms. The average molecular weight is 800 g/mol. The third-order valence-electron chi connectivity index (χ3n) is 7.80. The van der Waals surface area contributed by atoms with Crippen LogP contribution in [-0.4, -0.2) is 208 Å². The maximum absolute atomic E-state index is 10.9. The average Bonchev–Trinajstić information content (AvgIpc) is 3.12. The highest BCUT2D eigenvalue weighted by molar-refractivity contribution is 8.22. The molecule has 0 saturated heterocycles. The summed E-state index contributed by atoms with van der Waals surface area (Å²) in [4.78, 5) is 4.35. The lowest BCUT2D eigenvalue weighted by Gasteiger charge is -2.33.